The Balaban J connectivity index is 2.46. The molecule has 0 aromatic rings. The maximum absolute atomic E-state index is 2.29. The number of halogens is 1. The Morgan fingerprint density at radius 2 is 2.33 bits per heavy atom. The van der Waals surface area contributed by atoms with Crippen molar-refractivity contribution in [2.75, 3.05) is 4.43 Å². The summed E-state index contributed by atoms with van der Waals surface area (Å²) in [6.07, 6.45) is 6.48. The molecule has 0 saturated carbocycles. The first-order valence-electron chi connectivity index (χ1n) is 1.89. The molecule has 0 aromatic heterocycles. The number of rotatable bonds is 0. The first kappa shape index (κ1) is 4.37. The van der Waals surface area contributed by atoms with E-state index in [1.807, 2.05) is 0 Å². The first-order chi connectivity index (χ1) is 3.00. The highest BCUT2D eigenvalue weighted by atomic mass is 127. The molecular weight excluding hydrogens is 187 g/mol. The van der Waals surface area contributed by atoms with E-state index in [0.29, 0.717) is 21.2 Å². The average Bonchev–Trinajstić information content (AvgIpc) is 1.72. The van der Waals surface area contributed by atoms with Crippen LogP contribution in [0.2, 0.25) is 0 Å². The third-order valence-electron chi connectivity index (χ3n) is 0.587. The fraction of sp³-hybridized carbons (Fsp3) is 0.200. The first-order valence-corrected chi connectivity index (χ1v) is 4.66. The second-order valence-corrected chi connectivity index (χ2v) is 3.54. The van der Waals surface area contributed by atoms with Crippen molar-refractivity contribution >= 4 is 0 Å². The lowest BCUT2D eigenvalue weighted by molar-refractivity contribution is -0.578. The third kappa shape index (κ3) is 1.12. The van der Waals surface area contributed by atoms with Crippen LogP contribution < -0.4 is 21.2 Å². The van der Waals surface area contributed by atoms with E-state index in [-0.39, 0.29) is 0 Å². The van der Waals surface area contributed by atoms with Crippen molar-refractivity contribution in [3.63, 3.8) is 0 Å². The van der Waals surface area contributed by atoms with Crippen LogP contribution in [0.25, 0.3) is 0 Å². The Labute approximate surface area is 48.2 Å². The van der Waals surface area contributed by atoms with Crippen molar-refractivity contribution in [1.82, 2.24) is 0 Å². The summed E-state index contributed by atoms with van der Waals surface area (Å²) in [5.41, 5.74) is 0. The van der Waals surface area contributed by atoms with Gasteiger partial charge in [-0.15, -0.1) is 0 Å². The van der Waals surface area contributed by atoms with Crippen LogP contribution in [0.3, 0.4) is 0 Å². The molecule has 1 heteroatoms. The molecule has 0 aromatic carbocycles. The zero-order chi connectivity index (χ0) is 4.24. The molecule has 0 atom stereocenters. The molecule has 6 heavy (non-hydrogen) atoms. The van der Waals surface area contributed by atoms with Crippen LogP contribution in [0.4, 0.5) is 0 Å². The molecule has 0 unspecified atom stereocenters. The Morgan fingerprint density at radius 3 is 2.50 bits per heavy atom. The highest BCUT2D eigenvalue weighted by molar-refractivity contribution is 5.00. The zero-order valence-electron chi connectivity index (χ0n) is 3.39. The standard InChI is InChI=1S/C5H6I/c1-2-4-6-5-3-1/h1-4H,5H2/q+1. The molecule has 0 radical (unpaired) electrons. The summed E-state index contributed by atoms with van der Waals surface area (Å²) in [5, 5.41) is 0. The van der Waals surface area contributed by atoms with Gasteiger partial charge in [0.1, 0.15) is 0 Å². The quantitative estimate of drug-likeness (QED) is 0.313. The predicted octanol–water partition coefficient (Wildman–Crippen LogP) is -1.84. The van der Waals surface area contributed by atoms with Gasteiger partial charge < -0.3 is 0 Å². The Morgan fingerprint density at radius 1 is 1.33 bits per heavy atom. The smallest absolute Gasteiger partial charge is 0.0583 e. The van der Waals surface area contributed by atoms with Gasteiger partial charge in [0.05, 0.1) is 0 Å². The van der Waals surface area contributed by atoms with Crippen LogP contribution in [-0.4, -0.2) is 4.43 Å². The number of hydrogen-bond acceptors (Lipinski definition) is 0. The van der Waals surface area contributed by atoms with Crippen molar-refractivity contribution in [3.05, 3.63) is 22.3 Å². The van der Waals surface area contributed by atoms with Gasteiger partial charge in [-0.25, -0.2) is 0 Å². The minimum Gasteiger partial charge on any atom is -0.0583 e. The van der Waals surface area contributed by atoms with Gasteiger partial charge in [-0.1, -0.05) is 6.08 Å². The number of hydrogen-bond donors (Lipinski definition) is 0. The maximum Gasteiger partial charge on any atom is 0.309 e. The summed E-state index contributed by atoms with van der Waals surface area (Å²) in [6.45, 7) is 0. The van der Waals surface area contributed by atoms with Crippen molar-refractivity contribution in [2.24, 2.45) is 0 Å². The van der Waals surface area contributed by atoms with Crippen LogP contribution in [0, 0.1) is 0 Å². The van der Waals surface area contributed by atoms with Gasteiger partial charge in [0, 0.05) is 0 Å². The van der Waals surface area contributed by atoms with Crippen LogP contribution in [-0.2, 0) is 0 Å². The minimum absolute atomic E-state index is 0.447. The van der Waals surface area contributed by atoms with Gasteiger partial charge in [0.2, 0.25) is 0 Å². The molecule has 0 spiro atoms. The number of allylic oxidation sites excluding steroid dienone is 3. The van der Waals surface area contributed by atoms with Crippen LogP contribution in [0.1, 0.15) is 0 Å². The molecule has 0 N–H and O–H groups in total. The summed E-state index contributed by atoms with van der Waals surface area (Å²) in [6, 6.07) is 0. The fourth-order valence-corrected chi connectivity index (χ4v) is 1.74. The molecule has 0 saturated heterocycles. The van der Waals surface area contributed by atoms with Gasteiger partial charge in [-0.3, -0.25) is 0 Å². The molecule has 32 valence electrons. The highest BCUT2D eigenvalue weighted by Crippen LogP contribution is 1.68. The van der Waals surface area contributed by atoms with E-state index in [1.54, 1.807) is 0 Å². The predicted molar refractivity (Wildman–Crippen MR) is 23.1 cm³/mol. The van der Waals surface area contributed by atoms with E-state index in [0.717, 1.165) is 0 Å². The van der Waals surface area contributed by atoms with E-state index in [1.165, 1.54) is 4.43 Å². The molecule has 1 rings (SSSR count). The van der Waals surface area contributed by atoms with Gasteiger partial charge in [-0.05, 0) is 12.2 Å². The third-order valence-corrected chi connectivity index (χ3v) is 2.53. The molecular formula is C5H6I+. The Bertz CT molecular complexity index is 69.9. The molecule has 0 bridgehead atoms. The Kier molecular flexibility index (Phi) is 1.74. The normalized spacial score (nSPS) is 18.7. The summed E-state index contributed by atoms with van der Waals surface area (Å²) in [4.78, 5) is 0. The van der Waals surface area contributed by atoms with E-state index in [2.05, 4.69) is 22.3 Å². The lowest BCUT2D eigenvalue weighted by Gasteiger charge is -1.72. The van der Waals surface area contributed by atoms with E-state index in [9.17, 15) is 0 Å². The zero-order valence-corrected chi connectivity index (χ0v) is 5.55. The number of alkyl halides is 1. The molecule has 1 aliphatic rings. The summed E-state index contributed by atoms with van der Waals surface area (Å²) >= 11 is 0.447. The van der Waals surface area contributed by atoms with Crippen LogP contribution in [0.15, 0.2) is 22.3 Å². The summed E-state index contributed by atoms with van der Waals surface area (Å²) in [7, 11) is 0. The second-order valence-electron chi connectivity index (χ2n) is 1.06. The van der Waals surface area contributed by atoms with E-state index in [4.69, 9.17) is 0 Å². The summed E-state index contributed by atoms with van der Waals surface area (Å²) in [5.74, 6) is 0. The van der Waals surface area contributed by atoms with Crippen molar-refractivity contribution in [3.8, 4) is 0 Å². The molecule has 1 heterocycles. The monoisotopic (exact) mass is 193 g/mol. The fourth-order valence-electron chi connectivity index (χ4n) is 0.326. The largest absolute Gasteiger partial charge is 0.309 e. The molecule has 1 aliphatic heterocycles. The second kappa shape index (κ2) is 2.39. The van der Waals surface area contributed by atoms with E-state index >= 15 is 0 Å². The van der Waals surface area contributed by atoms with Gasteiger partial charge in [-0.2, -0.15) is 0 Å². The van der Waals surface area contributed by atoms with Gasteiger partial charge >= 0.3 is 21.2 Å². The van der Waals surface area contributed by atoms with Crippen molar-refractivity contribution in [2.45, 2.75) is 0 Å². The van der Waals surface area contributed by atoms with Gasteiger partial charge in [0.25, 0.3) is 0 Å². The lowest BCUT2D eigenvalue weighted by atomic mass is 10.5. The lowest BCUT2D eigenvalue weighted by Crippen LogP contribution is -3.60. The molecule has 0 fully saturated rings. The highest BCUT2D eigenvalue weighted by Gasteiger charge is 1.96. The van der Waals surface area contributed by atoms with Crippen LogP contribution >= 0.6 is 0 Å². The van der Waals surface area contributed by atoms with Crippen molar-refractivity contribution < 1.29 is 21.2 Å². The summed E-state index contributed by atoms with van der Waals surface area (Å²) < 4.78 is 3.63. The Hall–Kier alpha value is 0.210. The maximum atomic E-state index is 2.29. The average molecular weight is 193 g/mol. The topological polar surface area (TPSA) is 0 Å². The SMILES string of the molecule is C1=CC[I+]C=C1. The molecule has 0 nitrogen and oxygen atoms in total. The van der Waals surface area contributed by atoms with E-state index < -0.39 is 0 Å². The minimum atomic E-state index is 0.447. The molecule has 0 aliphatic carbocycles. The van der Waals surface area contributed by atoms with Crippen LogP contribution in [0.5, 0.6) is 0 Å². The van der Waals surface area contributed by atoms with Gasteiger partial charge in [0.15, 0.2) is 8.51 Å². The molecule has 0 amide bonds. The van der Waals surface area contributed by atoms with Crippen molar-refractivity contribution in [1.29, 1.82) is 0 Å².